The first-order valence-corrected chi connectivity index (χ1v) is 8.75. The molecule has 2 aromatic heterocycles. The van der Waals surface area contributed by atoms with Gasteiger partial charge in [-0.1, -0.05) is 0 Å². The third kappa shape index (κ3) is 4.15. The van der Waals surface area contributed by atoms with Crippen LogP contribution >= 0.6 is 0 Å². The van der Waals surface area contributed by atoms with E-state index >= 15 is 0 Å². The molecule has 9 nitrogen and oxygen atoms in total. The Morgan fingerprint density at radius 2 is 1.72 bits per heavy atom. The summed E-state index contributed by atoms with van der Waals surface area (Å²) >= 11 is 0. The first-order chi connectivity index (χ1) is 13.6. The van der Waals surface area contributed by atoms with Crippen LogP contribution in [0.5, 0.6) is 0 Å². The Balaban J connectivity index is 0.000000298. The summed E-state index contributed by atoms with van der Waals surface area (Å²) in [6.45, 7) is 2.43. The lowest BCUT2D eigenvalue weighted by Crippen LogP contribution is -2.62. The molecular formula is C17H19F3N6O3. The van der Waals surface area contributed by atoms with E-state index in [9.17, 15) is 18.0 Å². The van der Waals surface area contributed by atoms with E-state index in [0.29, 0.717) is 5.82 Å². The van der Waals surface area contributed by atoms with Gasteiger partial charge in [-0.25, -0.2) is 19.7 Å². The fourth-order valence-electron chi connectivity index (χ4n) is 3.45. The van der Waals surface area contributed by atoms with E-state index in [1.54, 1.807) is 29.4 Å². The van der Waals surface area contributed by atoms with Gasteiger partial charge in [-0.2, -0.15) is 13.2 Å². The predicted molar refractivity (Wildman–Crippen MR) is 94.1 cm³/mol. The van der Waals surface area contributed by atoms with Crippen LogP contribution in [0.3, 0.4) is 0 Å². The molecule has 0 saturated carbocycles. The number of alkyl halides is 3. The lowest BCUT2D eigenvalue weighted by molar-refractivity contribution is -0.192. The highest BCUT2D eigenvalue weighted by Crippen LogP contribution is 2.41. The number of halogens is 3. The van der Waals surface area contributed by atoms with Gasteiger partial charge in [-0.05, 0) is 18.9 Å². The highest BCUT2D eigenvalue weighted by atomic mass is 19.4. The summed E-state index contributed by atoms with van der Waals surface area (Å²) in [4.78, 5) is 38.5. The van der Waals surface area contributed by atoms with Gasteiger partial charge >= 0.3 is 12.1 Å². The fourth-order valence-corrected chi connectivity index (χ4v) is 3.45. The normalized spacial score (nSPS) is 20.8. The summed E-state index contributed by atoms with van der Waals surface area (Å²) < 4.78 is 33.5. The van der Waals surface area contributed by atoms with Gasteiger partial charge in [0.25, 0.3) is 5.91 Å². The standard InChI is InChI=1S/C15H18N6O.C2HF3O2/c1-19-10-7-16-12(19)13(22)20-8-3-15(11-20)4-9-21(15)14-17-5-2-6-18-14;3-2(4,5)1(6)7/h2,5-7,10H,3-4,8-9,11H2,1H3;(H,6,7). The van der Waals surface area contributed by atoms with Gasteiger partial charge in [0, 0.05) is 51.5 Å². The van der Waals surface area contributed by atoms with E-state index in [-0.39, 0.29) is 11.4 Å². The summed E-state index contributed by atoms with van der Waals surface area (Å²) in [5, 5.41) is 7.12. The van der Waals surface area contributed by atoms with Crippen LogP contribution in [0.15, 0.2) is 30.9 Å². The summed E-state index contributed by atoms with van der Waals surface area (Å²) in [7, 11) is 1.85. The van der Waals surface area contributed by atoms with Crippen molar-refractivity contribution in [2.75, 3.05) is 24.5 Å². The summed E-state index contributed by atoms with van der Waals surface area (Å²) in [6, 6.07) is 1.82. The maximum Gasteiger partial charge on any atom is 0.490 e. The number of likely N-dealkylation sites (tertiary alicyclic amines) is 1. The molecular weight excluding hydrogens is 393 g/mol. The van der Waals surface area contributed by atoms with Crippen molar-refractivity contribution in [3.05, 3.63) is 36.7 Å². The number of carbonyl (C=O) groups is 2. The van der Waals surface area contributed by atoms with Crippen LogP contribution in [0.25, 0.3) is 0 Å². The largest absolute Gasteiger partial charge is 0.490 e. The summed E-state index contributed by atoms with van der Waals surface area (Å²) in [5.41, 5.74) is 0.00216. The van der Waals surface area contributed by atoms with Gasteiger partial charge in [-0.3, -0.25) is 4.79 Å². The van der Waals surface area contributed by atoms with Crippen molar-refractivity contribution in [1.29, 1.82) is 0 Å². The molecule has 1 spiro atoms. The molecule has 4 rings (SSSR count). The SMILES string of the molecule is Cn1ccnc1C(=O)N1CCC2(CCN2c2ncccn2)C1.O=C(O)C(F)(F)F. The Morgan fingerprint density at radius 1 is 1.10 bits per heavy atom. The monoisotopic (exact) mass is 412 g/mol. The molecule has 0 bridgehead atoms. The fraction of sp³-hybridized carbons (Fsp3) is 0.471. The Bertz CT molecular complexity index is 888. The van der Waals surface area contributed by atoms with Crippen molar-refractivity contribution in [2.45, 2.75) is 24.6 Å². The van der Waals surface area contributed by atoms with E-state index in [1.165, 1.54) is 0 Å². The van der Waals surface area contributed by atoms with E-state index in [1.807, 2.05) is 18.0 Å². The summed E-state index contributed by atoms with van der Waals surface area (Å²) in [5.74, 6) is -1.49. The average Bonchev–Trinajstić information content (AvgIpc) is 3.29. The second-order valence-corrected chi connectivity index (χ2v) is 6.82. The second kappa shape index (κ2) is 7.68. The van der Waals surface area contributed by atoms with Crippen molar-refractivity contribution in [2.24, 2.45) is 7.05 Å². The van der Waals surface area contributed by atoms with Crippen molar-refractivity contribution in [3.63, 3.8) is 0 Å². The molecule has 2 aliphatic heterocycles. The third-order valence-corrected chi connectivity index (χ3v) is 5.04. The Morgan fingerprint density at radius 3 is 2.21 bits per heavy atom. The number of hydrogen-bond donors (Lipinski definition) is 1. The molecule has 1 atom stereocenters. The van der Waals surface area contributed by atoms with Crippen LogP contribution in [0.4, 0.5) is 19.1 Å². The number of imidazole rings is 1. The highest BCUT2D eigenvalue weighted by Gasteiger charge is 2.51. The molecule has 4 heterocycles. The number of anilines is 1. The number of aliphatic carboxylic acids is 1. The van der Waals surface area contributed by atoms with Gasteiger partial charge in [0.2, 0.25) is 5.95 Å². The number of carboxylic acid groups (broad SMARTS) is 1. The number of carbonyl (C=O) groups excluding carboxylic acids is 1. The lowest BCUT2D eigenvalue weighted by Gasteiger charge is -2.50. The topological polar surface area (TPSA) is 104 Å². The zero-order valence-corrected chi connectivity index (χ0v) is 15.5. The number of aromatic nitrogens is 4. The van der Waals surface area contributed by atoms with E-state index in [4.69, 9.17) is 9.90 Å². The van der Waals surface area contributed by atoms with Gasteiger partial charge in [0.1, 0.15) is 0 Å². The quantitative estimate of drug-likeness (QED) is 0.794. The molecule has 2 aromatic rings. The molecule has 1 unspecified atom stereocenters. The van der Waals surface area contributed by atoms with E-state index in [2.05, 4.69) is 19.9 Å². The maximum atomic E-state index is 12.6. The minimum absolute atomic E-state index is 0.00216. The minimum atomic E-state index is -5.08. The molecule has 0 aliphatic carbocycles. The molecule has 29 heavy (non-hydrogen) atoms. The van der Waals surface area contributed by atoms with Crippen LogP contribution in [0, 0.1) is 0 Å². The minimum Gasteiger partial charge on any atom is -0.475 e. The number of nitrogens with zero attached hydrogens (tertiary/aromatic N) is 6. The number of rotatable bonds is 2. The molecule has 0 radical (unpaired) electrons. The highest BCUT2D eigenvalue weighted by molar-refractivity contribution is 5.91. The number of amides is 1. The number of hydrogen-bond acceptors (Lipinski definition) is 6. The molecule has 156 valence electrons. The second-order valence-electron chi connectivity index (χ2n) is 6.82. The van der Waals surface area contributed by atoms with Crippen LogP contribution in [0.2, 0.25) is 0 Å². The van der Waals surface area contributed by atoms with Crippen molar-refractivity contribution < 1.29 is 27.9 Å². The number of carboxylic acids is 1. The maximum absolute atomic E-state index is 12.6. The smallest absolute Gasteiger partial charge is 0.475 e. The Kier molecular flexibility index (Phi) is 5.44. The van der Waals surface area contributed by atoms with Crippen molar-refractivity contribution in [3.8, 4) is 0 Å². The first-order valence-electron chi connectivity index (χ1n) is 8.75. The van der Waals surface area contributed by atoms with Gasteiger partial charge in [-0.15, -0.1) is 0 Å². The molecule has 0 aromatic carbocycles. The number of aryl methyl sites for hydroxylation is 1. The van der Waals surface area contributed by atoms with Crippen LogP contribution in [-0.4, -0.2) is 72.8 Å². The first kappa shape index (κ1) is 20.6. The average molecular weight is 412 g/mol. The zero-order chi connectivity index (χ0) is 21.2. The van der Waals surface area contributed by atoms with Gasteiger partial charge in [0.15, 0.2) is 5.82 Å². The van der Waals surface area contributed by atoms with Crippen molar-refractivity contribution >= 4 is 17.8 Å². The van der Waals surface area contributed by atoms with E-state index in [0.717, 1.165) is 38.4 Å². The third-order valence-electron chi connectivity index (χ3n) is 5.04. The van der Waals surface area contributed by atoms with Crippen LogP contribution in [0.1, 0.15) is 23.5 Å². The molecule has 2 aliphatic rings. The Labute approximate surface area is 163 Å². The zero-order valence-electron chi connectivity index (χ0n) is 15.5. The van der Waals surface area contributed by atoms with Gasteiger partial charge in [0.05, 0.1) is 5.54 Å². The van der Waals surface area contributed by atoms with Crippen LogP contribution in [-0.2, 0) is 11.8 Å². The molecule has 2 saturated heterocycles. The molecule has 1 amide bonds. The van der Waals surface area contributed by atoms with Crippen molar-refractivity contribution in [1.82, 2.24) is 24.4 Å². The molecule has 1 N–H and O–H groups in total. The van der Waals surface area contributed by atoms with E-state index < -0.39 is 12.1 Å². The van der Waals surface area contributed by atoms with Crippen LogP contribution < -0.4 is 4.90 Å². The summed E-state index contributed by atoms with van der Waals surface area (Å²) in [6.07, 6.45) is 3.94. The molecule has 12 heteroatoms. The lowest BCUT2D eigenvalue weighted by atomic mass is 9.84. The predicted octanol–water partition coefficient (Wildman–Crippen LogP) is 1.34. The Hall–Kier alpha value is -3.18. The van der Waals surface area contributed by atoms with Gasteiger partial charge < -0.3 is 19.5 Å². The molecule has 2 fully saturated rings.